The number of carboxylic acid groups (broad SMARTS) is 3. The highest BCUT2D eigenvalue weighted by atomic mass is 16.4. The van der Waals surface area contributed by atoms with E-state index in [2.05, 4.69) is 15.6 Å². The first-order valence-electron chi connectivity index (χ1n) is 18.2. The van der Waals surface area contributed by atoms with Crippen LogP contribution in [0.2, 0.25) is 0 Å². The molecule has 14 heteroatoms. The fourth-order valence-corrected chi connectivity index (χ4v) is 7.61. The Balaban J connectivity index is 1.63. The maximum Gasteiger partial charge on any atom is 0.322 e. The van der Waals surface area contributed by atoms with Crippen LogP contribution in [0.1, 0.15) is 79.9 Å². The molecule has 0 unspecified atom stereocenters. The zero-order chi connectivity index (χ0) is 39.7. The summed E-state index contributed by atoms with van der Waals surface area (Å²) in [6, 6.07) is 19.3. The number of rotatable bonds is 10. The Morgan fingerprint density at radius 3 is 2.20 bits per heavy atom. The van der Waals surface area contributed by atoms with Crippen molar-refractivity contribution in [3.05, 3.63) is 95.6 Å². The molecule has 288 valence electrons. The fourth-order valence-electron chi connectivity index (χ4n) is 7.61. The number of nitrogens with one attached hydrogen (secondary N) is 2. The lowest BCUT2D eigenvalue weighted by Crippen LogP contribution is -2.57. The van der Waals surface area contributed by atoms with Gasteiger partial charge in [-0.15, -0.1) is 0 Å². The van der Waals surface area contributed by atoms with Gasteiger partial charge in [-0.2, -0.15) is 0 Å². The van der Waals surface area contributed by atoms with Crippen molar-refractivity contribution in [1.82, 2.24) is 10.6 Å². The van der Waals surface area contributed by atoms with Crippen molar-refractivity contribution in [3.63, 3.8) is 0 Å². The monoisotopic (exact) mass is 752 g/mol. The van der Waals surface area contributed by atoms with Crippen LogP contribution in [0.3, 0.4) is 0 Å². The van der Waals surface area contributed by atoms with Crippen LogP contribution in [0, 0.1) is 11.8 Å². The first-order valence-corrected chi connectivity index (χ1v) is 18.2. The van der Waals surface area contributed by atoms with Gasteiger partial charge >= 0.3 is 17.9 Å². The minimum atomic E-state index is -1.85. The smallest absolute Gasteiger partial charge is 0.322 e. The zero-order valence-corrected chi connectivity index (χ0v) is 30.1. The molecule has 2 aliphatic rings. The number of carbonyl (C=O) groups is 7. The van der Waals surface area contributed by atoms with Gasteiger partial charge in [0.15, 0.2) is 5.92 Å². The highest BCUT2D eigenvalue weighted by Crippen LogP contribution is 2.36. The zero-order valence-electron chi connectivity index (χ0n) is 30.1. The van der Waals surface area contributed by atoms with Crippen molar-refractivity contribution in [2.45, 2.75) is 75.2 Å². The number of carboxylic acids is 3. The van der Waals surface area contributed by atoms with Gasteiger partial charge in [0.1, 0.15) is 11.3 Å². The van der Waals surface area contributed by atoms with Gasteiger partial charge in [0, 0.05) is 6.54 Å². The second kappa shape index (κ2) is 17.8. The summed E-state index contributed by atoms with van der Waals surface area (Å²) in [5.41, 5.74) is 4.88. The highest BCUT2D eigenvalue weighted by Gasteiger charge is 2.44. The maximum atomic E-state index is 14.4. The lowest BCUT2D eigenvalue weighted by molar-refractivity contribution is -0.150. The van der Waals surface area contributed by atoms with Crippen LogP contribution in [0.25, 0.3) is 10.8 Å². The molecule has 3 aromatic carbocycles. The van der Waals surface area contributed by atoms with Gasteiger partial charge in [-0.1, -0.05) is 98.1 Å². The topological polar surface area (TPSA) is 243 Å². The Morgan fingerprint density at radius 1 is 0.873 bits per heavy atom. The number of allylic oxidation sites excluding steroid dienone is 1. The SMILES string of the molecule is NC(=O)CC1=NC(=O)C2(CCCCC2)NC(=O)[C@@H](CC(=O)O)[C@@H](c2ccc(C(C(=O)O)C(=O)O)cc2)C/C=C/[C@@H](Cc2cccc3ccccc23)CNC1=O. The average molecular weight is 753 g/mol. The highest BCUT2D eigenvalue weighted by molar-refractivity contribution is 6.43. The number of hydrogen-bond donors (Lipinski definition) is 6. The molecule has 1 spiro atoms. The lowest BCUT2D eigenvalue weighted by atomic mass is 9.77. The molecule has 5 rings (SSSR count). The number of aliphatic imine (C=N–C) groups is 1. The van der Waals surface area contributed by atoms with E-state index in [9.17, 15) is 48.9 Å². The van der Waals surface area contributed by atoms with E-state index < -0.39 is 83.4 Å². The molecular formula is C41H44N4O10. The largest absolute Gasteiger partial charge is 0.481 e. The molecule has 55 heavy (non-hydrogen) atoms. The molecule has 14 nitrogen and oxygen atoms in total. The van der Waals surface area contributed by atoms with E-state index in [-0.39, 0.29) is 37.3 Å². The molecule has 0 radical (unpaired) electrons. The normalized spacial score (nSPS) is 21.4. The molecule has 3 aromatic rings. The van der Waals surface area contributed by atoms with Crippen LogP contribution >= 0.6 is 0 Å². The lowest BCUT2D eigenvalue weighted by Gasteiger charge is -2.37. The van der Waals surface area contributed by atoms with E-state index in [0.29, 0.717) is 24.8 Å². The van der Waals surface area contributed by atoms with Crippen molar-refractivity contribution in [1.29, 1.82) is 0 Å². The number of fused-ring (bicyclic) bond motifs is 1. The first-order chi connectivity index (χ1) is 26.3. The van der Waals surface area contributed by atoms with E-state index in [4.69, 9.17) is 5.73 Å². The predicted octanol–water partition coefficient (Wildman–Crippen LogP) is 3.86. The first kappa shape index (κ1) is 40.0. The number of amides is 4. The van der Waals surface area contributed by atoms with Gasteiger partial charge in [-0.25, -0.2) is 4.99 Å². The molecule has 0 aromatic heterocycles. The van der Waals surface area contributed by atoms with Crippen LogP contribution in [-0.4, -0.2) is 74.7 Å². The van der Waals surface area contributed by atoms with Crippen molar-refractivity contribution in [2.75, 3.05) is 6.54 Å². The Bertz CT molecular complexity index is 2010. The Labute approximate surface area is 316 Å². The van der Waals surface area contributed by atoms with Crippen molar-refractivity contribution >= 4 is 58.0 Å². The Morgan fingerprint density at radius 2 is 1.55 bits per heavy atom. The quantitative estimate of drug-likeness (QED) is 0.129. The minimum absolute atomic E-state index is 0.0158. The molecule has 1 saturated carbocycles. The third kappa shape index (κ3) is 9.88. The van der Waals surface area contributed by atoms with Gasteiger partial charge in [-0.3, -0.25) is 33.6 Å². The molecule has 4 amide bonds. The van der Waals surface area contributed by atoms with Crippen LogP contribution < -0.4 is 16.4 Å². The number of benzene rings is 3. The average Bonchev–Trinajstić information content (AvgIpc) is 3.14. The standard InChI is InChI=1S/C41H44N4O10/c42-33(46)22-32-37(50)43-23-24(20-28-11-7-10-25-9-2-3-12-29(25)28)8-6-13-30(26-14-16-27(17-15-26)35(38(51)52)39(53)54)31(21-34(47)48)36(49)45-41(40(55)44-32)18-4-1-5-19-41/h2-3,6-12,14-17,24,30-31,35H,1,4-5,13,18-23H2,(H2,42,46)(H,43,50)(H,45,49)(H,47,48)(H,51,52)(H,53,54)/b8-6+,44-32?/t24-,30+,31-/m0/s1. The van der Waals surface area contributed by atoms with Gasteiger partial charge < -0.3 is 31.7 Å². The molecule has 3 atom stereocenters. The predicted molar refractivity (Wildman–Crippen MR) is 201 cm³/mol. The Kier molecular flexibility index (Phi) is 12.9. The van der Waals surface area contributed by atoms with Crippen LogP contribution in [0.15, 0.2) is 83.9 Å². The summed E-state index contributed by atoms with van der Waals surface area (Å²) in [6.45, 7) is 0.0521. The summed E-state index contributed by atoms with van der Waals surface area (Å²) < 4.78 is 0. The second-order valence-electron chi connectivity index (χ2n) is 14.2. The number of aliphatic carboxylic acids is 3. The van der Waals surface area contributed by atoms with Crippen molar-refractivity contribution in [2.24, 2.45) is 22.6 Å². The van der Waals surface area contributed by atoms with Gasteiger partial charge in [0.25, 0.3) is 11.8 Å². The Hall–Kier alpha value is -6.18. The summed E-state index contributed by atoms with van der Waals surface area (Å²) in [7, 11) is 0. The summed E-state index contributed by atoms with van der Waals surface area (Å²) in [5, 5.41) is 36.8. The number of nitrogens with zero attached hydrogens (tertiary/aromatic N) is 1. The van der Waals surface area contributed by atoms with Crippen LogP contribution in [0.5, 0.6) is 0 Å². The van der Waals surface area contributed by atoms with E-state index in [1.807, 2.05) is 48.5 Å². The van der Waals surface area contributed by atoms with E-state index in [1.165, 1.54) is 24.3 Å². The van der Waals surface area contributed by atoms with E-state index in [0.717, 1.165) is 22.8 Å². The minimum Gasteiger partial charge on any atom is -0.481 e. The molecule has 1 aliphatic carbocycles. The molecular weight excluding hydrogens is 708 g/mol. The molecule has 0 bridgehead atoms. The summed E-state index contributed by atoms with van der Waals surface area (Å²) in [6.07, 6.45) is 5.04. The number of carbonyl (C=O) groups excluding carboxylic acids is 4. The fraction of sp³-hybridized carbons (Fsp3) is 0.366. The van der Waals surface area contributed by atoms with Crippen LogP contribution in [0.4, 0.5) is 0 Å². The molecule has 0 saturated heterocycles. The van der Waals surface area contributed by atoms with Crippen LogP contribution in [-0.2, 0) is 40.0 Å². The number of primary amides is 1. The summed E-state index contributed by atoms with van der Waals surface area (Å²) in [4.78, 5) is 94.1. The third-order valence-electron chi connectivity index (χ3n) is 10.4. The molecule has 7 N–H and O–H groups in total. The van der Waals surface area contributed by atoms with Gasteiger partial charge in [0.05, 0.1) is 18.8 Å². The summed E-state index contributed by atoms with van der Waals surface area (Å²) >= 11 is 0. The number of nitrogens with two attached hydrogens (primary N) is 1. The second-order valence-corrected chi connectivity index (χ2v) is 14.2. The third-order valence-corrected chi connectivity index (χ3v) is 10.4. The van der Waals surface area contributed by atoms with E-state index >= 15 is 0 Å². The molecule has 1 heterocycles. The van der Waals surface area contributed by atoms with Gasteiger partial charge in [0.2, 0.25) is 11.8 Å². The number of hydrogen-bond acceptors (Lipinski definition) is 7. The summed E-state index contributed by atoms with van der Waals surface area (Å²) in [5.74, 6) is -12.0. The van der Waals surface area contributed by atoms with E-state index in [1.54, 1.807) is 6.08 Å². The molecule has 1 aliphatic heterocycles. The molecule has 1 fully saturated rings. The van der Waals surface area contributed by atoms with Gasteiger partial charge in [-0.05, 0) is 65.0 Å². The van der Waals surface area contributed by atoms with Crippen molar-refractivity contribution < 1.29 is 48.9 Å². The van der Waals surface area contributed by atoms with Crippen molar-refractivity contribution in [3.8, 4) is 0 Å². The maximum absolute atomic E-state index is 14.4.